The van der Waals surface area contributed by atoms with Crippen LogP contribution in [0, 0.1) is 0 Å². The molecule has 1 aliphatic heterocycles. The minimum atomic E-state index is -0.157. The molecule has 1 N–H and O–H groups in total. The van der Waals surface area contributed by atoms with Crippen molar-refractivity contribution in [2.75, 3.05) is 11.4 Å². The minimum Gasteiger partial charge on any atom is -0.391 e. The first kappa shape index (κ1) is 18.0. The van der Waals surface area contributed by atoms with Gasteiger partial charge in [0.25, 0.3) is 0 Å². The van der Waals surface area contributed by atoms with Crippen LogP contribution < -0.4 is 4.90 Å². The first-order valence-corrected chi connectivity index (χ1v) is 10.9. The molecule has 0 unspecified atom stereocenters. The van der Waals surface area contributed by atoms with Crippen LogP contribution in [-0.4, -0.2) is 26.6 Å². The lowest BCUT2D eigenvalue weighted by Crippen LogP contribution is -2.25. The summed E-state index contributed by atoms with van der Waals surface area (Å²) in [4.78, 5) is 17.4. The maximum atomic E-state index is 9.91. The van der Waals surface area contributed by atoms with E-state index < -0.39 is 0 Å². The van der Waals surface area contributed by atoms with Crippen LogP contribution in [0.25, 0.3) is 10.4 Å². The third-order valence-electron chi connectivity index (χ3n) is 5.44. The monoisotopic (exact) mass is 412 g/mol. The molecule has 5 rings (SSSR count). The van der Waals surface area contributed by atoms with Gasteiger partial charge in [0.15, 0.2) is 0 Å². The van der Waals surface area contributed by atoms with Crippen molar-refractivity contribution in [1.82, 2.24) is 15.0 Å². The van der Waals surface area contributed by atoms with E-state index in [0.29, 0.717) is 16.6 Å². The highest BCUT2D eigenvalue weighted by Crippen LogP contribution is 2.44. The van der Waals surface area contributed by atoms with E-state index in [9.17, 15) is 5.11 Å². The summed E-state index contributed by atoms with van der Waals surface area (Å²) in [5.74, 6) is 2.00. The van der Waals surface area contributed by atoms with Gasteiger partial charge in [-0.1, -0.05) is 41.9 Å². The second-order valence-electron chi connectivity index (χ2n) is 7.39. The van der Waals surface area contributed by atoms with Crippen LogP contribution in [0.15, 0.2) is 36.5 Å². The Morgan fingerprint density at radius 1 is 1.14 bits per heavy atom. The van der Waals surface area contributed by atoms with Crippen molar-refractivity contribution in [2.45, 2.75) is 44.2 Å². The molecule has 3 aromatic rings. The predicted octanol–water partition coefficient (Wildman–Crippen LogP) is 4.96. The summed E-state index contributed by atoms with van der Waals surface area (Å²) in [5.41, 5.74) is 1.81. The van der Waals surface area contributed by atoms with E-state index in [2.05, 4.69) is 22.0 Å². The van der Waals surface area contributed by atoms with E-state index in [0.717, 1.165) is 48.9 Å². The number of hydrogen-bond donors (Lipinski definition) is 1. The molecule has 0 spiro atoms. The molecule has 0 amide bonds. The average Bonchev–Trinajstić information content (AvgIpc) is 3.26. The highest BCUT2D eigenvalue weighted by Gasteiger charge is 2.34. The van der Waals surface area contributed by atoms with E-state index >= 15 is 0 Å². The number of hydrogen-bond acceptors (Lipinski definition) is 6. The summed E-state index contributed by atoms with van der Waals surface area (Å²) >= 11 is 8.14. The summed E-state index contributed by atoms with van der Waals surface area (Å²) in [6.45, 7) is 0.727. The van der Waals surface area contributed by atoms with E-state index in [4.69, 9.17) is 21.6 Å². The Balaban J connectivity index is 1.50. The molecule has 0 radical (unpaired) electrons. The molecule has 1 aliphatic carbocycles. The second-order valence-corrected chi connectivity index (χ2v) is 8.81. The fourth-order valence-corrected chi connectivity index (χ4v) is 5.12. The summed E-state index contributed by atoms with van der Waals surface area (Å²) in [5, 5.41) is 11.4. The van der Waals surface area contributed by atoms with Crippen LogP contribution in [0.4, 0.5) is 5.82 Å². The topological polar surface area (TPSA) is 62.1 Å². The molecule has 2 aliphatic rings. The van der Waals surface area contributed by atoms with Gasteiger partial charge < -0.3 is 10.0 Å². The quantitative estimate of drug-likeness (QED) is 0.600. The molecule has 7 heteroatoms. The molecule has 1 atom stereocenters. The van der Waals surface area contributed by atoms with Gasteiger partial charge >= 0.3 is 0 Å². The maximum absolute atomic E-state index is 9.91. The van der Waals surface area contributed by atoms with Crippen molar-refractivity contribution >= 4 is 28.8 Å². The summed E-state index contributed by atoms with van der Waals surface area (Å²) < 4.78 is 0. The van der Waals surface area contributed by atoms with Gasteiger partial charge in [-0.05, 0) is 31.2 Å². The molecule has 0 bridgehead atoms. The molecule has 144 valence electrons. The van der Waals surface area contributed by atoms with E-state index in [-0.39, 0.29) is 12.6 Å². The van der Waals surface area contributed by atoms with Crippen LogP contribution in [0.5, 0.6) is 0 Å². The largest absolute Gasteiger partial charge is 0.391 e. The Kier molecular flexibility index (Phi) is 4.78. The maximum Gasteiger partial charge on any atom is 0.140 e. The summed E-state index contributed by atoms with van der Waals surface area (Å²) in [6, 6.07) is 10.5. The Labute approximate surface area is 173 Å². The molecule has 1 aromatic carbocycles. The van der Waals surface area contributed by atoms with Crippen LogP contribution in [0.2, 0.25) is 5.15 Å². The fraction of sp³-hybridized carbons (Fsp3) is 0.381. The molecule has 2 fully saturated rings. The van der Waals surface area contributed by atoms with Crippen LogP contribution >= 0.6 is 22.9 Å². The number of aliphatic hydroxyl groups is 1. The third-order valence-corrected chi connectivity index (χ3v) is 6.90. The van der Waals surface area contributed by atoms with Crippen molar-refractivity contribution < 1.29 is 5.11 Å². The van der Waals surface area contributed by atoms with Crippen molar-refractivity contribution in [2.24, 2.45) is 0 Å². The Bertz CT molecular complexity index is 989. The first-order valence-electron chi connectivity index (χ1n) is 9.69. The van der Waals surface area contributed by atoms with Crippen LogP contribution in [0.1, 0.15) is 54.0 Å². The molecule has 5 nitrogen and oxygen atoms in total. The SMILES string of the molecule is OCc1c(Cl)nc(C2CC2)nc1N1CCC[C@@H]1c1ncc(-c2ccccc2)s1. The predicted molar refractivity (Wildman–Crippen MR) is 112 cm³/mol. The lowest BCUT2D eigenvalue weighted by atomic mass is 10.2. The molecular weight excluding hydrogens is 392 g/mol. The van der Waals surface area contributed by atoms with Gasteiger partial charge in [0, 0.05) is 18.7 Å². The smallest absolute Gasteiger partial charge is 0.140 e. The molecule has 1 saturated heterocycles. The summed E-state index contributed by atoms with van der Waals surface area (Å²) in [6.07, 6.45) is 6.28. The number of thiazole rings is 1. The molecule has 1 saturated carbocycles. The molecule has 3 heterocycles. The number of rotatable bonds is 5. The van der Waals surface area contributed by atoms with Crippen molar-refractivity contribution in [3.05, 3.63) is 58.1 Å². The number of halogens is 1. The molecular formula is C21H21ClN4OS. The van der Waals surface area contributed by atoms with Gasteiger partial charge in [-0.3, -0.25) is 0 Å². The third kappa shape index (κ3) is 3.30. The van der Waals surface area contributed by atoms with Crippen molar-refractivity contribution in [1.29, 1.82) is 0 Å². The average molecular weight is 413 g/mol. The highest BCUT2D eigenvalue weighted by molar-refractivity contribution is 7.15. The first-order chi connectivity index (χ1) is 13.7. The summed E-state index contributed by atoms with van der Waals surface area (Å²) in [7, 11) is 0. The van der Waals surface area contributed by atoms with E-state index in [1.807, 2.05) is 24.4 Å². The van der Waals surface area contributed by atoms with E-state index in [1.54, 1.807) is 11.3 Å². The lowest BCUT2D eigenvalue weighted by molar-refractivity contribution is 0.281. The van der Waals surface area contributed by atoms with Gasteiger partial charge in [0.1, 0.15) is 21.8 Å². The van der Waals surface area contributed by atoms with Crippen molar-refractivity contribution in [3.8, 4) is 10.4 Å². The number of nitrogens with zero attached hydrogens (tertiary/aromatic N) is 4. The van der Waals surface area contributed by atoms with Crippen LogP contribution in [0.3, 0.4) is 0 Å². The Morgan fingerprint density at radius 3 is 2.71 bits per heavy atom. The van der Waals surface area contributed by atoms with Gasteiger partial charge in [-0.2, -0.15) is 0 Å². The molecule has 28 heavy (non-hydrogen) atoms. The number of benzene rings is 1. The number of anilines is 1. The van der Waals surface area contributed by atoms with Gasteiger partial charge in [0.2, 0.25) is 0 Å². The van der Waals surface area contributed by atoms with Crippen LogP contribution in [-0.2, 0) is 6.61 Å². The Morgan fingerprint density at radius 2 is 1.96 bits per heavy atom. The normalized spacial score (nSPS) is 19.4. The second kappa shape index (κ2) is 7.43. The minimum absolute atomic E-state index is 0.157. The van der Waals surface area contributed by atoms with Gasteiger partial charge in [-0.25, -0.2) is 15.0 Å². The Hall–Kier alpha value is -2.02. The standard InChI is InChI=1S/C21H21ClN4OS/c22-18-15(12-27)20(25-19(24-18)14-8-9-14)26-10-4-7-16(26)21-23-11-17(28-21)13-5-2-1-3-6-13/h1-3,5-6,11,14,16,27H,4,7-10,12H2/t16-/m1/s1. The van der Waals surface area contributed by atoms with E-state index in [1.165, 1.54) is 10.4 Å². The zero-order valence-electron chi connectivity index (χ0n) is 15.4. The zero-order chi connectivity index (χ0) is 19.1. The number of aliphatic hydroxyl groups excluding tert-OH is 1. The molecule has 2 aromatic heterocycles. The van der Waals surface area contributed by atoms with Crippen molar-refractivity contribution in [3.63, 3.8) is 0 Å². The fourth-order valence-electron chi connectivity index (χ4n) is 3.81. The van der Waals surface area contributed by atoms with Gasteiger partial charge in [0.05, 0.1) is 23.1 Å². The lowest BCUT2D eigenvalue weighted by Gasteiger charge is -2.26. The van der Waals surface area contributed by atoms with Gasteiger partial charge in [-0.15, -0.1) is 11.3 Å². The zero-order valence-corrected chi connectivity index (χ0v) is 17.0. The number of aromatic nitrogens is 3. The highest BCUT2D eigenvalue weighted by atomic mass is 35.5.